The maximum Gasteiger partial charge on any atom is 0.323 e. The summed E-state index contributed by atoms with van der Waals surface area (Å²) in [7, 11) is 3.76. The van der Waals surface area contributed by atoms with Gasteiger partial charge in [-0.15, -0.1) is 0 Å². The number of rotatable bonds is 7. The molecule has 5 aromatic rings. The molecule has 3 amide bonds. The number of nitrogens with one attached hydrogen (secondary N) is 2. The van der Waals surface area contributed by atoms with Crippen molar-refractivity contribution in [3.8, 4) is 5.75 Å². The summed E-state index contributed by atoms with van der Waals surface area (Å²) in [6, 6.07) is 15.7. The third-order valence-electron chi connectivity index (χ3n) is 8.68. The predicted molar refractivity (Wildman–Crippen MR) is 183 cm³/mol. The Morgan fingerprint density at radius 2 is 1.83 bits per heavy atom. The first kappa shape index (κ1) is 30.6. The SMILES string of the molecule is CN(Cc1ccccn1)C(=O)C1CCN(c2ccnc3c2c(C=C2Oc4ccc(NC(=O)Nc5cccnc5)cc4C2=O)cn3C)CC1. The molecule has 12 heteroatoms. The van der Waals surface area contributed by atoms with E-state index in [1.807, 2.05) is 49.1 Å². The maximum atomic E-state index is 13.5. The van der Waals surface area contributed by atoms with E-state index in [-0.39, 0.29) is 23.4 Å². The summed E-state index contributed by atoms with van der Waals surface area (Å²) in [6.07, 6.45) is 11.8. The van der Waals surface area contributed by atoms with Gasteiger partial charge in [-0.25, -0.2) is 9.78 Å². The highest BCUT2D eigenvalue weighted by atomic mass is 16.5. The lowest BCUT2D eigenvalue weighted by Gasteiger charge is -2.35. The van der Waals surface area contributed by atoms with Crippen LogP contribution in [-0.2, 0) is 18.4 Å². The van der Waals surface area contributed by atoms with Crippen LogP contribution in [0.3, 0.4) is 0 Å². The minimum absolute atomic E-state index is 0.0616. The number of hydrogen-bond acceptors (Lipinski definition) is 8. The van der Waals surface area contributed by atoms with Crippen LogP contribution in [0.15, 0.2) is 91.3 Å². The number of aryl methyl sites for hydroxylation is 1. The number of ether oxygens (including phenoxy) is 1. The average molecular weight is 643 g/mol. The molecule has 0 aliphatic carbocycles. The minimum Gasteiger partial charge on any atom is -0.452 e. The van der Waals surface area contributed by atoms with E-state index in [9.17, 15) is 14.4 Å². The van der Waals surface area contributed by atoms with Gasteiger partial charge in [-0.2, -0.15) is 0 Å². The van der Waals surface area contributed by atoms with Crippen molar-refractivity contribution in [3.63, 3.8) is 0 Å². The highest BCUT2D eigenvalue weighted by molar-refractivity contribution is 6.16. The molecule has 1 saturated heterocycles. The summed E-state index contributed by atoms with van der Waals surface area (Å²) in [6.45, 7) is 1.91. The second-order valence-electron chi connectivity index (χ2n) is 12.0. The van der Waals surface area contributed by atoms with E-state index in [2.05, 4.69) is 30.5 Å². The number of amides is 3. The van der Waals surface area contributed by atoms with Crippen molar-refractivity contribution < 1.29 is 19.1 Å². The molecule has 2 aliphatic rings. The van der Waals surface area contributed by atoms with Crippen molar-refractivity contribution in [2.75, 3.05) is 35.7 Å². The Balaban J connectivity index is 1.07. The van der Waals surface area contributed by atoms with E-state index in [0.29, 0.717) is 42.3 Å². The van der Waals surface area contributed by atoms with Gasteiger partial charge in [0.2, 0.25) is 11.7 Å². The number of hydrogen-bond donors (Lipinski definition) is 2. The fraction of sp³-hybridized carbons (Fsp3) is 0.222. The molecule has 0 spiro atoms. The number of allylic oxidation sites excluding steroid dienone is 1. The molecule has 4 aromatic heterocycles. The van der Waals surface area contributed by atoms with Gasteiger partial charge in [-0.1, -0.05) is 6.07 Å². The second kappa shape index (κ2) is 13.0. The van der Waals surface area contributed by atoms with Gasteiger partial charge in [-0.05, 0) is 67.4 Å². The van der Waals surface area contributed by atoms with Crippen LogP contribution >= 0.6 is 0 Å². The molecule has 6 heterocycles. The summed E-state index contributed by atoms with van der Waals surface area (Å²) < 4.78 is 7.95. The van der Waals surface area contributed by atoms with Crippen LogP contribution in [0, 0.1) is 5.92 Å². The van der Waals surface area contributed by atoms with Gasteiger partial charge < -0.3 is 29.7 Å². The third-order valence-corrected chi connectivity index (χ3v) is 8.68. The summed E-state index contributed by atoms with van der Waals surface area (Å²) in [5.74, 6) is 0.396. The van der Waals surface area contributed by atoms with E-state index in [1.54, 1.807) is 66.1 Å². The van der Waals surface area contributed by atoms with Crippen molar-refractivity contribution in [2.24, 2.45) is 13.0 Å². The molecule has 0 atom stereocenters. The fourth-order valence-corrected chi connectivity index (χ4v) is 6.32. The second-order valence-corrected chi connectivity index (χ2v) is 12.0. The summed E-state index contributed by atoms with van der Waals surface area (Å²) in [5, 5.41) is 6.37. The maximum absolute atomic E-state index is 13.5. The lowest BCUT2D eigenvalue weighted by Crippen LogP contribution is -2.41. The van der Waals surface area contributed by atoms with E-state index in [4.69, 9.17) is 4.74 Å². The third kappa shape index (κ3) is 6.19. The molecule has 12 nitrogen and oxygen atoms in total. The first-order chi connectivity index (χ1) is 23.3. The minimum atomic E-state index is -0.453. The zero-order valence-corrected chi connectivity index (χ0v) is 26.6. The summed E-state index contributed by atoms with van der Waals surface area (Å²) >= 11 is 0. The van der Waals surface area contributed by atoms with Gasteiger partial charge in [0.05, 0.1) is 29.7 Å². The molecule has 2 N–H and O–H groups in total. The van der Waals surface area contributed by atoms with Crippen LogP contribution in [0.5, 0.6) is 5.75 Å². The van der Waals surface area contributed by atoms with Crippen LogP contribution in [0.4, 0.5) is 21.9 Å². The van der Waals surface area contributed by atoms with E-state index in [0.717, 1.165) is 40.8 Å². The quantitative estimate of drug-likeness (QED) is 0.222. The van der Waals surface area contributed by atoms with Crippen molar-refractivity contribution in [1.29, 1.82) is 0 Å². The fourth-order valence-electron chi connectivity index (χ4n) is 6.32. The number of carbonyl (C=O) groups excluding carboxylic acids is 3. The molecule has 7 rings (SSSR count). The molecule has 1 fully saturated rings. The van der Waals surface area contributed by atoms with Crippen molar-refractivity contribution >= 4 is 51.9 Å². The highest BCUT2D eigenvalue weighted by Gasteiger charge is 2.31. The number of urea groups is 1. The highest BCUT2D eigenvalue weighted by Crippen LogP contribution is 2.37. The Morgan fingerprint density at radius 1 is 1.00 bits per heavy atom. The molecular weight excluding hydrogens is 608 g/mol. The van der Waals surface area contributed by atoms with Gasteiger partial charge in [0.15, 0.2) is 5.76 Å². The topological polar surface area (TPSA) is 135 Å². The number of Topliss-reactive ketones (excluding diaryl/α,β-unsaturated/α-hetero) is 1. The van der Waals surface area contributed by atoms with Crippen molar-refractivity contribution in [3.05, 3.63) is 108 Å². The monoisotopic (exact) mass is 642 g/mol. The van der Waals surface area contributed by atoms with Gasteiger partial charge >= 0.3 is 6.03 Å². The number of anilines is 3. The van der Waals surface area contributed by atoms with Crippen molar-refractivity contribution in [2.45, 2.75) is 19.4 Å². The predicted octanol–water partition coefficient (Wildman–Crippen LogP) is 5.50. The Hall–Kier alpha value is -6.04. The van der Waals surface area contributed by atoms with E-state index < -0.39 is 6.03 Å². The number of ketones is 1. The van der Waals surface area contributed by atoms with Crippen LogP contribution < -0.4 is 20.3 Å². The molecule has 1 aromatic carbocycles. The lowest BCUT2D eigenvalue weighted by atomic mass is 9.94. The number of fused-ring (bicyclic) bond motifs is 2. The largest absolute Gasteiger partial charge is 0.452 e. The smallest absolute Gasteiger partial charge is 0.323 e. The zero-order valence-electron chi connectivity index (χ0n) is 26.6. The van der Waals surface area contributed by atoms with Crippen LogP contribution in [0.25, 0.3) is 17.1 Å². The zero-order chi connectivity index (χ0) is 33.2. The number of benzene rings is 1. The van der Waals surface area contributed by atoms with E-state index in [1.165, 1.54) is 0 Å². The summed E-state index contributed by atoms with van der Waals surface area (Å²) in [4.78, 5) is 56.3. The standard InChI is InChI=1S/C36H34N8O4/c1-42-21-24(18-31-33(45)28-19-25(8-9-30(28)48-31)40-36(47)41-26-7-5-13-37-20-26)32-29(10-15-39-34(32)42)44-16-11-23(12-17-44)35(46)43(2)22-27-6-3-4-14-38-27/h3-10,13-15,18-21,23H,11-12,16-17,22H2,1-2H3,(H2,40,41,47). The number of aromatic nitrogens is 4. The number of nitrogens with zero attached hydrogens (tertiary/aromatic N) is 6. The number of piperidine rings is 1. The van der Waals surface area contributed by atoms with E-state index >= 15 is 0 Å². The normalized spacial score (nSPS) is 15.3. The van der Waals surface area contributed by atoms with Gasteiger partial charge in [0, 0.05) is 80.2 Å². The average Bonchev–Trinajstić information content (AvgIpc) is 3.60. The van der Waals surface area contributed by atoms with Crippen LogP contribution in [0.1, 0.15) is 34.5 Å². The van der Waals surface area contributed by atoms with Crippen LogP contribution in [-0.4, -0.2) is 62.3 Å². The molecule has 0 radical (unpaired) electrons. The number of pyridine rings is 3. The Morgan fingerprint density at radius 3 is 2.60 bits per heavy atom. The van der Waals surface area contributed by atoms with Crippen LogP contribution in [0.2, 0.25) is 0 Å². The Bertz CT molecular complexity index is 2040. The Labute approximate surface area is 277 Å². The molecule has 0 bridgehead atoms. The molecular formula is C36H34N8O4. The molecule has 48 heavy (non-hydrogen) atoms. The summed E-state index contributed by atoms with van der Waals surface area (Å²) in [5.41, 5.74) is 4.80. The number of carbonyl (C=O) groups is 3. The molecule has 0 unspecified atom stereocenters. The molecule has 242 valence electrons. The first-order valence-electron chi connectivity index (χ1n) is 15.7. The molecule has 0 saturated carbocycles. The first-order valence-corrected chi connectivity index (χ1v) is 15.7. The molecule has 2 aliphatic heterocycles. The van der Waals surface area contributed by atoms with Crippen molar-refractivity contribution in [1.82, 2.24) is 24.4 Å². The Kier molecular flexibility index (Phi) is 8.28. The van der Waals surface area contributed by atoms with Gasteiger partial charge in [0.25, 0.3) is 0 Å². The lowest BCUT2D eigenvalue weighted by molar-refractivity contribution is -0.135. The van der Waals surface area contributed by atoms with Gasteiger partial charge in [-0.3, -0.25) is 19.6 Å². The van der Waals surface area contributed by atoms with Gasteiger partial charge in [0.1, 0.15) is 11.4 Å².